The molecule has 2 aromatic heterocycles. The van der Waals surface area contributed by atoms with Gasteiger partial charge in [0.2, 0.25) is 0 Å². The Bertz CT molecular complexity index is 701. The Morgan fingerprint density at radius 2 is 2.32 bits per heavy atom. The highest BCUT2D eigenvalue weighted by Gasteiger charge is 2.09. The van der Waals surface area contributed by atoms with Crippen molar-refractivity contribution in [2.24, 2.45) is 5.73 Å². The van der Waals surface area contributed by atoms with Gasteiger partial charge in [0, 0.05) is 12.6 Å². The number of nitrogens with two attached hydrogens (primary N) is 1. The number of aromatic nitrogens is 5. The molecule has 19 heavy (non-hydrogen) atoms. The van der Waals surface area contributed by atoms with E-state index in [0.717, 1.165) is 16.8 Å². The minimum atomic E-state index is 0.528. The molecule has 3 rings (SSSR count). The number of hydrogen-bond donors (Lipinski definition) is 2. The molecular weight excluding hydrogens is 244 g/mol. The van der Waals surface area contributed by atoms with Crippen LogP contribution in [0.3, 0.4) is 0 Å². The van der Waals surface area contributed by atoms with Crippen LogP contribution in [0.5, 0.6) is 5.75 Å². The Labute approximate surface area is 109 Å². The zero-order valence-corrected chi connectivity index (χ0v) is 10.5. The number of imidazole rings is 1. The van der Waals surface area contributed by atoms with Crippen LogP contribution in [0.2, 0.25) is 0 Å². The first-order valence-corrected chi connectivity index (χ1v) is 5.94. The van der Waals surface area contributed by atoms with Crippen molar-refractivity contribution in [3.8, 4) is 17.3 Å². The largest absolute Gasteiger partial charge is 0.497 e. The summed E-state index contributed by atoms with van der Waals surface area (Å²) in [6.07, 6.45) is 1.82. The predicted octanol–water partition coefficient (Wildman–Crippen LogP) is 0.789. The third kappa shape index (κ3) is 2.15. The van der Waals surface area contributed by atoms with Crippen LogP contribution in [0.4, 0.5) is 0 Å². The van der Waals surface area contributed by atoms with E-state index in [1.807, 2.05) is 24.4 Å². The second-order valence-corrected chi connectivity index (χ2v) is 4.12. The summed E-state index contributed by atoms with van der Waals surface area (Å²) < 4.78 is 6.88. The van der Waals surface area contributed by atoms with E-state index in [0.29, 0.717) is 24.6 Å². The Balaban J connectivity index is 1.99. The van der Waals surface area contributed by atoms with Gasteiger partial charge in [-0.2, -0.15) is 0 Å². The minimum absolute atomic E-state index is 0.528. The van der Waals surface area contributed by atoms with Gasteiger partial charge in [0.1, 0.15) is 11.4 Å². The molecule has 0 aliphatic carbocycles. The summed E-state index contributed by atoms with van der Waals surface area (Å²) in [5.41, 5.74) is 7.94. The molecule has 0 saturated heterocycles. The maximum Gasteiger partial charge on any atom is 0.160 e. The summed E-state index contributed by atoms with van der Waals surface area (Å²) in [6.45, 7) is 1.17. The molecule has 0 aliphatic heterocycles. The smallest absolute Gasteiger partial charge is 0.160 e. The first kappa shape index (κ1) is 11.7. The normalized spacial score (nSPS) is 11.1. The van der Waals surface area contributed by atoms with E-state index in [2.05, 4.69) is 20.3 Å². The molecule has 0 fully saturated rings. The molecule has 7 heteroatoms. The number of nitrogens with zero attached hydrogens (tertiary/aromatic N) is 4. The average molecular weight is 258 g/mol. The number of H-pyrrole nitrogens is 1. The summed E-state index contributed by atoms with van der Waals surface area (Å²) in [7, 11) is 1.64. The Morgan fingerprint density at radius 1 is 1.42 bits per heavy atom. The quantitative estimate of drug-likeness (QED) is 0.721. The van der Waals surface area contributed by atoms with E-state index in [1.54, 1.807) is 11.8 Å². The first-order chi connectivity index (χ1) is 9.30. The Hall–Kier alpha value is -2.41. The second kappa shape index (κ2) is 4.69. The summed E-state index contributed by atoms with van der Waals surface area (Å²) in [6, 6.07) is 5.67. The lowest BCUT2D eigenvalue weighted by molar-refractivity contribution is 0.415. The van der Waals surface area contributed by atoms with Gasteiger partial charge >= 0.3 is 0 Å². The lowest BCUT2D eigenvalue weighted by Crippen LogP contribution is -2.10. The van der Waals surface area contributed by atoms with Gasteiger partial charge in [-0.3, -0.25) is 4.68 Å². The monoisotopic (exact) mass is 258 g/mol. The molecule has 3 aromatic rings. The number of nitrogens with one attached hydrogen (secondary N) is 1. The maximum atomic E-state index is 5.48. The molecule has 0 atom stereocenters. The van der Waals surface area contributed by atoms with Crippen molar-refractivity contribution in [3.63, 3.8) is 0 Å². The second-order valence-electron chi connectivity index (χ2n) is 4.12. The van der Waals surface area contributed by atoms with E-state index < -0.39 is 0 Å². The molecule has 0 aliphatic rings. The van der Waals surface area contributed by atoms with E-state index in [4.69, 9.17) is 10.5 Å². The van der Waals surface area contributed by atoms with Crippen LogP contribution >= 0.6 is 0 Å². The topological polar surface area (TPSA) is 94.6 Å². The van der Waals surface area contributed by atoms with Gasteiger partial charge in [-0.05, 0) is 12.1 Å². The molecule has 0 unspecified atom stereocenters. The zero-order chi connectivity index (χ0) is 13.2. The molecule has 0 bridgehead atoms. The lowest BCUT2D eigenvalue weighted by Gasteiger charge is -1.96. The molecule has 0 spiro atoms. The van der Waals surface area contributed by atoms with Crippen molar-refractivity contribution in [1.82, 2.24) is 25.0 Å². The third-order valence-electron chi connectivity index (χ3n) is 2.83. The van der Waals surface area contributed by atoms with Crippen LogP contribution in [-0.2, 0) is 6.54 Å². The molecule has 0 saturated carbocycles. The van der Waals surface area contributed by atoms with Crippen molar-refractivity contribution in [1.29, 1.82) is 0 Å². The molecule has 2 heterocycles. The highest BCUT2D eigenvalue weighted by molar-refractivity contribution is 5.80. The minimum Gasteiger partial charge on any atom is -0.497 e. The Kier molecular flexibility index (Phi) is 2.88. The van der Waals surface area contributed by atoms with Gasteiger partial charge in [0.25, 0.3) is 0 Å². The lowest BCUT2D eigenvalue weighted by atomic mass is 10.3. The highest BCUT2D eigenvalue weighted by atomic mass is 16.5. The van der Waals surface area contributed by atoms with Crippen molar-refractivity contribution < 1.29 is 4.74 Å². The van der Waals surface area contributed by atoms with Crippen LogP contribution in [0.25, 0.3) is 22.6 Å². The fourth-order valence-corrected chi connectivity index (χ4v) is 1.89. The molecule has 1 aromatic carbocycles. The number of methoxy groups -OCH3 is 1. The van der Waals surface area contributed by atoms with Crippen molar-refractivity contribution in [2.45, 2.75) is 6.54 Å². The van der Waals surface area contributed by atoms with Crippen LogP contribution in [0, 0.1) is 0 Å². The molecule has 98 valence electrons. The zero-order valence-electron chi connectivity index (χ0n) is 10.5. The number of benzene rings is 1. The average Bonchev–Trinajstić information content (AvgIpc) is 3.03. The summed E-state index contributed by atoms with van der Waals surface area (Å²) >= 11 is 0. The van der Waals surface area contributed by atoms with E-state index in [1.165, 1.54) is 0 Å². The van der Waals surface area contributed by atoms with Crippen LogP contribution in [0.15, 0.2) is 24.4 Å². The summed E-state index contributed by atoms with van der Waals surface area (Å²) in [4.78, 5) is 7.68. The van der Waals surface area contributed by atoms with Gasteiger partial charge in [-0.1, -0.05) is 5.21 Å². The van der Waals surface area contributed by atoms with E-state index in [-0.39, 0.29) is 0 Å². The molecule has 3 N–H and O–H groups in total. The van der Waals surface area contributed by atoms with Gasteiger partial charge in [0.15, 0.2) is 5.82 Å². The Morgan fingerprint density at radius 3 is 3.11 bits per heavy atom. The van der Waals surface area contributed by atoms with E-state index in [9.17, 15) is 0 Å². The number of hydrogen-bond acceptors (Lipinski definition) is 5. The van der Waals surface area contributed by atoms with Crippen molar-refractivity contribution in [3.05, 3.63) is 24.4 Å². The number of fused-ring (bicyclic) bond motifs is 1. The predicted molar refractivity (Wildman–Crippen MR) is 70.7 cm³/mol. The SMILES string of the molecule is COc1ccc2nc(-c3cn(CCN)nn3)[nH]c2c1. The summed E-state index contributed by atoms with van der Waals surface area (Å²) in [5, 5.41) is 8.06. The fourth-order valence-electron chi connectivity index (χ4n) is 1.89. The van der Waals surface area contributed by atoms with E-state index >= 15 is 0 Å². The van der Waals surface area contributed by atoms with Crippen molar-refractivity contribution in [2.75, 3.05) is 13.7 Å². The number of ether oxygens (including phenoxy) is 1. The molecular formula is C12H14N6O. The third-order valence-corrected chi connectivity index (χ3v) is 2.83. The molecule has 0 radical (unpaired) electrons. The van der Waals surface area contributed by atoms with Crippen LogP contribution < -0.4 is 10.5 Å². The number of aromatic amines is 1. The van der Waals surface area contributed by atoms with Gasteiger partial charge in [-0.15, -0.1) is 5.10 Å². The fraction of sp³-hybridized carbons (Fsp3) is 0.250. The first-order valence-electron chi connectivity index (χ1n) is 5.94. The standard InChI is InChI=1S/C12H14N6O/c1-19-8-2-3-9-10(6-8)15-12(14-9)11-7-18(5-4-13)17-16-11/h2-3,6-7H,4-5,13H2,1H3,(H,14,15). The van der Waals surface area contributed by atoms with Gasteiger partial charge in [-0.25, -0.2) is 4.98 Å². The molecule has 0 amide bonds. The van der Waals surface area contributed by atoms with Gasteiger partial charge in [0.05, 0.1) is 30.9 Å². The maximum absolute atomic E-state index is 5.48. The summed E-state index contributed by atoms with van der Waals surface area (Å²) in [5.74, 6) is 1.47. The van der Waals surface area contributed by atoms with Gasteiger partial charge < -0.3 is 15.5 Å². The number of rotatable bonds is 4. The van der Waals surface area contributed by atoms with Crippen molar-refractivity contribution >= 4 is 11.0 Å². The highest BCUT2D eigenvalue weighted by Crippen LogP contribution is 2.22. The molecule has 7 nitrogen and oxygen atoms in total. The van der Waals surface area contributed by atoms with Crippen LogP contribution in [0.1, 0.15) is 0 Å². The van der Waals surface area contributed by atoms with Crippen LogP contribution in [-0.4, -0.2) is 38.6 Å².